The number of anilines is 3. The second-order valence-electron chi connectivity index (χ2n) is 5.31. The summed E-state index contributed by atoms with van der Waals surface area (Å²) in [6.45, 7) is 0. The Labute approximate surface area is 169 Å². The van der Waals surface area contributed by atoms with Crippen molar-refractivity contribution in [3.8, 4) is 11.8 Å². The number of carbonyl (C=O) groups excluding carboxylic acids is 1. The largest absolute Gasteiger partial charge is 0.481 e. The first-order valence-corrected chi connectivity index (χ1v) is 10.6. The minimum absolute atomic E-state index is 0.0687. The lowest BCUT2D eigenvalue weighted by atomic mass is 10.4. The van der Waals surface area contributed by atoms with Crippen molar-refractivity contribution in [1.29, 1.82) is 0 Å². The Morgan fingerprint density at radius 3 is 2.31 bits per heavy atom. The fourth-order valence-corrected chi connectivity index (χ4v) is 3.00. The molecule has 13 nitrogen and oxygen atoms in total. The summed E-state index contributed by atoms with van der Waals surface area (Å²) in [5.41, 5.74) is -0.100. The second-order valence-corrected chi connectivity index (χ2v) is 8.15. The second kappa shape index (κ2) is 8.97. The van der Waals surface area contributed by atoms with Gasteiger partial charge in [-0.25, -0.2) is 22.4 Å². The van der Waals surface area contributed by atoms with Gasteiger partial charge in [-0.05, 0) is 12.1 Å². The maximum absolute atomic E-state index is 12.7. The highest BCUT2D eigenvalue weighted by Crippen LogP contribution is 2.29. The monoisotopic (exact) mass is 446 g/mol. The van der Waals surface area contributed by atoms with Crippen molar-refractivity contribution in [3.63, 3.8) is 0 Å². The molecule has 158 valence electrons. The number of hydrogen-bond donors (Lipinski definition) is 2. The summed E-state index contributed by atoms with van der Waals surface area (Å²) >= 11 is -2.91. The smallest absolute Gasteiger partial charge is 0.343 e. The van der Waals surface area contributed by atoms with E-state index in [1.807, 2.05) is 0 Å². The molecule has 0 bridgehead atoms. The van der Waals surface area contributed by atoms with E-state index in [1.54, 1.807) is 0 Å². The van der Waals surface area contributed by atoms with E-state index >= 15 is 0 Å². The van der Waals surface area contributed by atoms with Crippen LogP contribution < -0.4 is 23.4 Å². The molecular formula is C14H18N6O7S2. The molecule has 2 aromatic rings. The van der Waals surface area contributed by atoms with E-state index in [-0.39, 0.29) is 29.2 Å². The van der Waals surface area contributed by atoms with Gasteiger partial charge in [-0.1, -0.05) is 0 Å². The van der Waals surface area contributed by atoms with Crippen LogP contribution in [-0.4, -0.2) is 65.7 Å². The number of carbonyl (C=O) groups is 1. The van der Waals surface area contributed by atoms with Gasteiger partial charge in [0.05, 0.1) is 32.2 Å². The number of nitrogens with one attached hydrogen (secondary N) is 1. The summed E-state index contributed by atoms with van der Waals surface area (Å²) in [5, 5.41) is 2.22. The summed E-state index contributed by atoms with van der Waals surface area (Å²) in [5.74, 6) is -0.525. The lowest BCUT2D eigenvalue weighted by Crippen LogP contribution is -2.39. The molecule has 29 heavy (non-hydrogen) atoms. The average Bonchev–Trinajstić information content (AvgIpc) is 2.66. The van der Waals surface area contributed by atoms with Crippen molar-refractivity contribution >= 4 is 44.8 Å². The van der Waals surface area contributed by atoms with Gasteiger partial charge in [0.25, 0.3) is 11.3 Å². The Kier molecular flexibility index (Phi) is 6.89. The quantitative estimate of drug-likeness (QED) is 0.571. The number of rotatable bonds is 7. The van der Waals surface area contributed by atoms with Crippen molar-refractivity contribution in [3.05, 3.63) is 24.4 Å². The van der Waals surface area contributed by atoms with Gasteiger partial charge in [-0.2, -0.15) is 14.3 Å². The average molecular weight is 446 g/mol. The van der Waals surface area contributed by atoms with E-state index in [4.69, 9.17) is 9.47 Å². The van der Waals surface area contributed by atoms with Crippen molar-refractivity contribution in [2.45, 2.75) is 0 Å². The topological polar surface area (TPSA) is 164 Å². The number of pyridine rings is 1. The Hall–Kier alpha value is -3.04. The zero-order chi connectivity index (χ0) is 21.8. The summed E-state index contributed by atoms with van der Waals surface area (Å²) in [6, 6.07) is 2.94. The minimum atomic E-state index is -3.74. The molecule has 0 fully saturated rings. The molecule has 0 aliphatic carbocycles. The molecule has 0 spiro atoms. The van der Waals surface area contributed by atoms with E-state index in [0.717, 1.165) is 10.6 Å². The molecule has 0 aliphatic heterocycles. The van der Waals surface area contributed by atoms with Crippen LogP contribution in [0.3, 0.4) is 0 Å². The molecule has 2 aromatic heterocycles. The van der Waals surface area contributed by atoms with E-state index < -0.39 is 27.3 Å². The number of methoxy groups -OCH3 is 2. The first kappa shape index (κ1) is 22.3. The first-order chi connectivity index (χ1) is 13.6. The van der Waals surface area contributed by atoms with Gasteiger partial charge in [0.1, 0.15) is 0 Å². The number of aromatic nitrogens is 3. The molecular weight excluding hydrogens is 428 g/mol. The molecule has 1 atom stereocenters. The zero-order valence-electron chi connectivity index (χ0n) is 15.8. The number of sulfonamides is 1. The Morgan fingerprint density at radius 2 is 1.83 bits per heavy atom. The van der Waals surface area contributed by atoms with Crippen LogP contribution in [0.1, 0.15) is 0 Å². The van der Waals surface area contributed by atoms with Gasteiger partial charge in [0, 0.05) is 13.2 Å². The molecule has 0 saturated heterocycles. The van der Waals surface area contributed by atoms with E-state index in [0.29, 0.717) is 4.31 Å². The van der Waals surface area contributed by atoms with Crippen molar-refractivity contribution in [2.75, 3.05) is 41.5 Å². The van der Waals surface area contributed by atoms with Gasteiger partial charge in [-0.3, -0.25) is 14.2 Å². The fourth-order valence-electron chi connectivity index (χ4n) is 2.03. The van der Waals surface area contributed by atoms with Gasteiger partial charge in [0.15, 0.2) is 5.82 Å². The molecule has 0 saturated carbocycles. The van der Waals surface area contributed by atoms with Gasteiger partial charge < -0.3 is 9.47 Å². The number of amides is 2. The van der Waals surface area contributed by atoms with Gasteiger partial charge >= 0.3 is 6.03 Å². The standard InChI is InChI=1S/C14H18N6O7S2/c1-19(29(4,24)25)9-6-5-7-15-12(9)20(28(22)23)14(21)18-13-16-10(26-2)8-11(17-13)27-3/h5-8H,1-4H3,(H,22,23)(H,16,17,18,21). The Balaban J connectivity index is 2.46. The van der Waals surface area contributed by atoms with Crippen molar-refractivity contribution in [1.82, 2.24) is 15.0 Å². The minimum Gasteiger partial charge on any atom is -0.481 e. The predicted molar refractivity (Wildman–Crippen MR) is 105 cm³/mol. The number of hydrogen-bond acceptors (Lipinski definition) is 9. The molecule has 2 N–H and O–H groups in total. The maximum atomic E-state index is 12.7. The summed E-state index contributed by atoms with van der Waals surface area (Å²) in [7, 11) is 0.141. The highest BCUT2D eigenvalue weighted by Gasteiger charge is 2.29. The third-order valence-electron chi connectivity index (χ3n) is 3.45. The van der Waals surface area contributed by atoms with Gasteiger partial charge in [0.2, 0.25) is 27.7 Å². The Morgan fingerprint density at radius 1 is 1.24 bits per heavy atom. The van der Waals surface area contributed by atoms with Crippen LogP contribution in [-0.2, 0) is 21.3 Å². The van der Waals surface area contributed by atoms with Crippen LogP contribution in [0.4, 0.5) is 22.2 Å². The normalized spacial score (nSPS) is 12.0. The lowest BCUT2D eigenvalue weighted by Gasteiger charge is -2.24. The van der Waals surface area contributed by atoms with Gasteiger partial charge in [-0.15, -0.1) is 0 Å². The molecule has 2 amide bonds. The zero-order valence-corrected chi connectivity index (χ0v) is 17.4. The predicted octanol–water partition coefficient (Wildman–Crippen LogP) is 0.460. The van der Waals surface area contributed by atoms with E-state index in [2.05, 4.69) is 20.3 Å². The van der Waals surface area contributed by atoms with Crippen molar-refractivity contribution in [2.24, 2.45) is 0 Å². The SMILES string of the molecule is COc1cc(OC)nc(NC(=O)N(c2ncccc2N(C)S(C)(=O)=O)S(=O)O)n1. The molecule has 1 unspecified atom stereocenters. The third-order valence-corrected chi connectivity index (χ3v) is 5.29. The third kappa shape index (κ3) is 5.27. The lowest BCUT2D eigenvalue weighted by molar-refractivity contribution is 0.259. The van der Waals surface area contributed by atoms with Crippen molar-refractivity contribution < 1.29 is 31.4 Å². The summed E-state index contributed by atoms with van der Waals surface area (Å²) in [6.07, 6.45) is 2.16. The van der Waals surface area contributed by atoms with E-state index in [1.165, 1.54) is 45.7 Å². The maximum Gasteiger partial charge on any atom is 0.343 e. The molecule has 0 aromatic carbocycles. The van der Waals surface area contributed by atoms with E-state index in [9.17, 15) is 22.0 Å². The molecule has 2 heterocycles. The molecule has 0 radical (unpaired) electrons. The van der Waals surface area contributed by atoms with Crippen LogP contribution in [0.15, 0.2) is 24.4 Å². The van der Waals surface area contributed by atoms with Crippen LogP contribution in [0.2, 0.25) is 0 Å². The summed E-state index contributed by atoms with van der Waals surface area (Å²) < 4.78 is 56.4. The van der Waals surface area contributed by atoms with Crippen LogP contribution in [0.5, 0.6) is 11.8 Å². The Bertz CT molecular complexity index is 1010. The van der Waals surface area contributed by atoms with Crippen LogP contribution >= 0.6 is 0 Å². The first-order valence-electron chi connectivity index (χ1n) is 7.66. The van der Waals surface area contributed by atoms with Crippen LogP contribution in [0, 0.1) is 0 Å². The number of ether oxygens (including phenoxy) is 2. The highest BCUT2D eigenvalue weighted by molar-refractivity contribution is 7.92. The highest BCUT2D eigenvalue weighted by atomic mass is 32.2. The molecule has 15 heteroatoms. The van der Waals surface area contributed by atoms with Crippen LogP contribution in [0.25, 0.3) is 0 Å². The number of nitrogens with zero attached hydrogens (tertiary/aromatic N) is 5. The summed E-state index contributed by atoms with van der Waals surface area (Å²) in [4.78, 5) is 24.3. The molecule has 0 aliphatic rings. The molecule has 2 rings (SSSR count). The number of urea groups is 1. The fraction of sp³-hybridized carbons (Fsp3) is 0.286.